The molecule has 0 unspecified atom stereocenters. The zero-order valence-electron chi connectivity index (χ0n) is 6.88. The molecule has 10 heavy (non-hydrogen) atoms. The van der Waals surface area contributed by atoms with Crippen molar-refractivity contribution in [3.8, 4) is 0 Å². The van der Waals surface area contributed by atoms with Crippen LogP contribution in [0.5, 0.6) is 0 Å². The Labute approximate surface area is 75.2 Å². The van der Waals surface area contributed by atoms with Crippen molar-refractivity contribution in [2.24, 2.45) is 5.73 Å². The topological polar surface area (TPSA) is 26.0 Å². The van der Waals surface area contributed by atoms with Crippen molar-refractivity contribution < 1.29 is 17.1 Å². The minimum absolute atomic E-state index is 0. The van der Waals surface area contributed by atoms with Crippen LogP contribution in [0, 0.1) is 0 Å². The van der Waals surface area contributed by atoms with E-state index in [1.165, 1.54) is 38.5 Å². The van der Waals surface area contributed by atoms with Gasteiger partial charge in [-0.25, -0.2) is 0 Å². The molecule has 0 saturated carbocycles. The van der Waals surface area contributed by atoms with E-state index in [-0.39, 0.29) is 17.1 Å². The van der Waals surface area contributed by atoms with Crippen molar-refractivity contribution in [2.75, 3.05) is 6.54 Å². The Bertz CT molecular complexity index is 42.5. The number of nitrogens with two attached hydrogens (primary N) is 1. The van der Waals surface area contributed by atoms with Gasteiger partial charge in [0.1, 0.15) is 0 Å². The summed E-state index contributed by atoms with van der Waals surface area (Å²) in [5, 5.41) is 0. The predicted molar refractivity (Wildman–Crippen MR) is 42.4 cm³/mol. The Hall–Kier alpha value is 0.479. The summed E-state index contributed by atoms with van der Waals surface area (Å²) in [7, 11) is 0. The van der Waals surface area contributed by atoms with E-state index < -0.39 is 0 Å². The maximum Gasteiger partial charge on any atom is 0 e. The molecule has 64 valence electrons. The van der Waals surface area contributed by atoms with Gasteiger partial charge in [0, 0.05) is 17.1 Å². The molecule has 0 rings (SSSR count). The molecule has 2 heteroatoms. The summed E-state index contributed by atoms with van der Waals surface area (Å²) in [6.07, 6.45) is 8.05. The fourth-order valence-corrected chi connectivity index (χ4v) is 0.925. The molecular weight excluding hydrogens is 166 g/mol. The minimum atomic E-state index is 0. The third-order valence-electron chi connectivity index (χ3n) is 1.56. The van der Waals surface area contributed by atoms with E-state index in [0.29, 0.717) is 0 Å². The smallest absolute Gasteiger partial charge is 0 e. The first-order valence-corrected chi connectivity index (χ1v) is 4.12. The van der Waals surface area contributed by atoms with E-state index in [2.05, 4.69) is 6.92 Å². The predicted octanol–water partition coefficient (Wildman–Crippen LogP) is 2.30. The van der Waals surface area contributed by atoms with Gasteiger partial charge >= 0.3 is 0 Å². The molecule has 0 aliphatic carbocycles. The molecule has 0 saturated heterocycles. The molecule has 0 aromatic carbocycles. The third-order valence-corrected chi connectivity index (χ3v) is 1.56. The molecule has 0 aliphatic heterocycles. The maximum atomic E-state index is 5.34. The second kappa shape index (κ2) is 12.2. The van der Waals surface area contributed by atoms with Crippen LogP contribution in [0.15, 0.2) is 0 Å². The molecule has 0 heterocycles. The Kier molecular flexibility index (Phi) is 16.0. The summed E-state index contributed by atoms with van der Waals surface area (Å²) in [6, 6.07) is 0. The van der Waals surface area contributed by atoms with E-state index in [1.807, 2.05) is 0 Å². The van der Waals surface area contributed by atoms with Gasteiger partial charge in [-0.1, -0.05) is 39.0 Å². The standard InChI is InChI=1S/C8H19N.Fe/c1-2-3-4-5-6-7-8-9;/h2-9H2,1H3;. The van der Waals surface area contributed by atoms with Gasteiger partial charge in [-0.05, 0) is 13.0 Å². The van der Waals surface area contributed by atoms with Crippen LogP contribution >= 0.6 is 0 Å². The summed E-state index contributed by atoms with van der Waals surface area (Å²) in [5.41, 5.74) is 5.34. The summed E-state index contributed by atoms with van der Waals surface area (Å²) in [5.74, 6) is 0. The van der Waals surface area contributed by atoms with E-state index >= 15 is 0 Å². The summed E-state index contributed by atoms with van der Waals surface area (Å²) in [4.78, 5) is 0. The van der Waals surface area contributed by atoms with Crippen LogP contribution in [0.25, 0.3) is 0 Å². The van der Waals surface area contributed by atoms with Crippen LogP contribution in [0.2, 0.25) is 0 Å². The monoisotopic (exact) mass is 185 g/mol. The molecule has 0 aliphatic rings. The molecule has 0 aromatic rings. The maximum absolute atomic E-state index is 5.34. The first-order chi connectivity index (χ1) is 4.41. The van der Waals surface area contributed by atoms with Gasteiger partial charge in [-0.15, -0.1) is 0 Å². The summed E-state index contributed by atoms with van der Waals surface area (Å²) >= 11 is 0. The van der Waals surface area contributed by atoms with E-state index in [9.17, 15) is 0 Å². The largest absolute Gasteiger partial charge is 0.330 e. The van der Waals surface area contributed by atoms with Crippen LogP contribution in [0.3, 0.4) is 0 Å². The van der Waals surface area contributed by atoms with Crippen LogP contribution < -0.4 is 5.73 Å². The first kappa shape index (κ1) is 13.1. The number of rotatable bonds is 6. The molecular formula is C8H19FeN. The number of hydrogen-bond donors (Lipinski definition) is 1. The molecule has 0 aromatic heterocycles. The van der Waals surface area contributed by atoms with Crippen LogP contribution in [-0.4, -0.2) is 6.54 Å². The van der Waals surface area contributed by atoms with Gasteiger partial charge in [-0.2, -0.15) is 0 Å². The van der Waals surface area contributed by atoms with Crippen molar-refractivity contribution in [2.45, 2.75) is 45.4 Å². The van der Waals surface area contributed by atoms with Gasteiger partial charge in [-0.3, -0.25) is 0 Å². The molecule has 0 fully saturated rings. The fraction of sp³-hybridized carbons (Fsp3) is 1.00. The van der Waals surface area contributed by atoms with E-state index in [0.717, 1.165) is 6.54 Å². The fourth-order valence-electron chi connectivity index (χ4n) is 0.925. The third kappa shape index (κ3) is 11.3. The van der Waals surface area contributed by atoms with Gasteiger partial charge in [0.2, 0.25) is 0 Å². The Morgan fingerprint density at radius 1 is 0.900 bits per heavy atom. The molecule has 0 bridgehead atoms. The average molecular weight is 185 g/mol. The zero-order valence-corrected chi connectivity index (χ0v) is 7.98. The van der Waals surface area contributed by atoms with Gasteiger partial charge < -0.3 is 5.73 Å². The summed E-state index contributed by atoms with van der Waals surface area (Å²) < 4.78 is 0. The second-order valence-corrected chi connectivity index (χ2v) is 2.56. The van der Waals surface area contributed by atoms with Crippen molar-refractivity contribution in [1.82, 2.24) is 0 Å². The molecule has 0 radical (unpaired) electrons. The Morgan fingerprint density at radius 2 is 1.40 bits per heavy atom. The van der Waals surface area contributed by atoms with Crippen LogP contribution in [0.1, 0.15) is 45.4 Å². The van der Waals surface area contributed by atoms with Crippen molar-refractivity contribution in [3.63, 3.8) is 0 Å². The molecule has 2 N–H and O–H groups in total. The number of hydrogen-bond acceptors (Lipinski definition) is 1. The van der Waals surface area contributed by atoms with Crippen molar-refractivity contribution in [1.29, 1.82) is 0 Å². The Balaban J connectivity index is 0. The van der Waals surface area contributed by atoms with Gasteiger partial charge in [0.05, 0.1) is 0 Å². The first-order valence-electron chi connectivity index (χ1n) is 4.12. The van der Waals surface area contributed by atoms with E-state index in [4.69, 9.17) is 5.73 Å². The number of unbranched alkanes of at least 4 members (excludes halogenated alkanes) is 5. The zero-order chi connectivity index (χ0) is 6.95. The van der Waals surface area contributed by atoms with Crippen molar-refractivity contribution in [3.05, 3.63) is 0 Å². The van der Waals surface area contributed by atoms with Crippen LogP contribution in [-0.2, 0) is 17.1 Å². The minimum Gasteiger partial charge on any atom is -0.330 e. The molecule has 0 spiro atoms. The summed E-state index contributed by atoms with van der Waals surface area (Å²) in [6.45, 7) is 3.11. The quantitative estimate of drug-likeness (QED) is 0.498. The molecule has 0 amide bonds. The van der Waals surface area contributed by atoms with Gasteiger partial charge in [0.25, 0.3) is 0 Å². The SMILES string of the molecule is CCCCCCCCN.[Fe]. The van der Waals surface area contributed by atoms with Gasteiger partial charge in [0.15, 0.2) is 0 Å². The second-order valence-electron chi connectivity index (χ2n) is 2.56. The Morgan fingerprint density at radius 3 is 1.90 bits per heavy atom. The average Bonchev–Trinajstić information content (AvgIpc) is 1.89. The molecule has 0 atom stereocenters. The van der Waals surface area contributed by atoms with Crippen LogP contribution in [0.4, 0.5) is 0 Å². The van der Waals surface area contributed by atoms with Crippen molar-refractivity contribution >= 4 is 0 Å². The normalized spacial score (nSPS) is 9.00. The molecule has 1 nitrogen and oxygen atoms in total. The van der Waals surface area contributed by atoms with E-state index in [1.54, 1.807) is 0 Å².